The molecule has 1 amide bonds. The van der Waals surface area contributed by atoms with Gasteiger partial charge in [-0.25, -0.2) is 26.3 Å². The molecule has 0 spiro atoms. The minimum Gasteiger partial charge on any atom is -0.381 e. The molecule has 1 saturated heterocycles. The molecule has 0 bridgehead atoms. The van der Waals surface area contributed by atoms with Gasteiger partial charge in [-0.2, -0.15) is 0 Å². The summed E-state index contributed by atoms with van der Waals surface area (Å²) < 4.78 is 71.8. The molecule has 1 fully saturated rings. The van der Waals surface area contributed by atoms with Crippen molar-refractivity contribution in [3.63, 3.8) is 0 Å². The summed E-state index contributed by atoms with van der Waals surface area (Å²) in [5.74, 6) is -5.81. The average molecular weight is 519 g/mol. The normalized spacial score (nSPS) is 20.5. The maximum atomic E-state index is 15.5. The molecule has 1 heterocycles. The number of likely N-dealkylation sites (tertiary alicyclic amines) is 1. The van der Waals surface area contributed by atoms with Crippen molar-refractivity contribution < 1.29 is 31.5 Å². The van der Waals surface area contributed by atoms with E-state index in [-0.39, 0.29) is 11.1 Å². The van der Waals surface area contributed by atoms with Gasteiger partial charge in [0.15, 0.2) is 0 Å². The Morgan fingerprint density at radius 3 is 2.50 bits per heavy atom. The number of carbonyl (C=O) groups is 1. The van der Waals surface area contributed by atoms with E-state index in [1.165, 1.54) is 25.1 Å². The van der Waals surface area contributed by atoms with E-state index in [0.717, 1.165) is 18.7 Å². The van der Waals surface area contributed by atoms with Crippen LogP contribution < -0.4 is 4.72 Å². The van der Waals surface area contributed by atoms with Gasteiger partial charge in [0.25, 0.3) is 11.8 Å². The van der Waals surface area contributed by atoms with Crippen molar-refractivity contribution in [1.29, 1.82) is 0 Å². The van der Waals surface area contributed by atoms with Crippen LogP contribution in [-0.2, 0) is 21.2 Å². The number of aliphatic hydroxyl groups is 1. The monoisotopic (exact) mass is 518 g/mol. The zero-order valence-corrected chi connectivity index (χ0v) is 20.4. The lowest BCUT2D eigenvalue weighted by Gasteiger charge is -2.32. The Morgan fingerprint density at radius 2 is 1.91 bits per heavy atom. The van der Waals surface area contributed by atoms with E-state index >= 15 is 13.2 Å². The smallest absolute Gasteiger partial charge is 0.283 e. The molecular formula is C23H26ClF3N2O4S. The molecule has 0 unspecified atom stereocenters. The lowest BCUT2D eigenvalue weighted by molar-refractivity contribution is -0.149. The van der Waals surface area contributed by atoms with Crippen molar-refractivity contribution in [2.24, 2.45) is 0 Å². The Balaban J connectivity index is 2.07. The van der Waals surface area contributed by atoms with Crippen LogP contribution in [0.2, 0.25) is 5.02 Å². The van der Waals surface area contributed by atoms with Gasteiger partial charge < -0.3 is 10.0 Å². The van der Waals surface area contributed by atoms with Crippen LogP contribution in [0, 0.1) is 5.82 Å². The molecular weight excluding hydrogens is 493 g/mol. The fourth-order valence-corrected chi connectivity index (χ4v) is 5.06. The van der Waals surface area contributed by atoms with Crippen molar-refractivity contribution in [1.82, 2.24) is 9.62 Å². The first-order valence-electron chi connectivity index (χ1n) is 10.6. The molecule has 0 aromatic heterocycles. The number of amides is 1. The number of hydrogen-bond acceptors (Lipinski definition) is 4. The van der Waals surface area contributed by atoms with Crippen LogP contribution in [0.15, 0.2) is 42.5 Å². The number of carbonyl (C=O) groups excluding carboxylic acids is 1. The lowest BCUT2D eigenvalue weighted by atomic mass is 9.95. The van der Waals surface area contributed by atoms with Crippen LogP contribution in [-0.4, -0.2) is 60.2 Å². The SMILES string of the molecule is CCS(=O)(=O)N[C@@H]1[C@H](Cc2cccc(-c3cccc(Cl)c3)c2F)N(C(=O)C(C)(C)O)CC1(F)F. The Bertz CT molecular complexity index is 1180. The van der Waals surface area contributed by atoms with Crippen molar-refractivity contribution in [2.45, 2.75) is 50.8 Å². The second-order valence-corrected chi connectivity index (χ2v) is 11.3. The maximum absolute atomic E-state index is 15.5. The number of benzene rings is 2. The second-order valence-electron chi connectivity index (χ2n) is 8.81. The summed E-state index contributed by atoms with van der Waals surface area (Å²) in [7, 11) is -4.09. The molecule has 0 saturated carbocycles. The molecule has 0 radical (unpaired) electrons. The van der Waals surface area contributed by atoms with Crippen LogP contribution in [0.5, 0.6) is 0 Å². The van der Waals surface area contributed by atoms with Gasteiger partial charge in [0, 0.05) is 10.6 Å². The fraction of sp³-hybridized carbons (Fsp3) is 0.435. The summed E-state index contributed by atoms with van der Waals surface area (Å²) in [5, 5.41) is 10.6. The van der Waals surface area contributed by atoms with Gasteiger partial charge in [0.1, 0.15) is 17.5 Å². The molecule has 186 valence electrons. The Hall–Kier alpha value is -2.14. The molecule has 1 aliphatic heterocycles. The first-order chi connectivity index (χ1) is 15.7. The third-order valence-corrected chi connectivity index (χ3v) is 7.34. The minimum atomic E-state index is -4.09. The van der Waals surface area contributed by atoms with Gasteiger partial charge in [0.05, 0.1) is 18.3 Å². The van der Waals surface area contributed by atoms with E-state index < -0.39 is 64.1 Å². The maximum Gasteiger partial charge on any atom is 0.283 e. The minimum absolute atomic E-state index is 0.00872. The van der Waals surface area contributed by atoms with Gasteiger partial charge >= 0.3 is 0 Å². The van der Waals surface area contributed by atoms with Crippen LogP contribution in [0.25, 0.3) is 11.1 Å². The zero-order valence-electron chi connectivity index (χ0n) is 18.9. The zero-order chi connectivity index (χ0) is 25.5. The number of halogens is 4. The molecule has 11 heteroatoms. The van der Waals surface area contributed by atoms with Crippen LogP contribution in [0.1, 0.15) is 26.3 Å². The molecule has 2 N–H and O–H groups in total. The highest BCUT2D eigenvalue weighted by atomic mass is 35.5. The molecule has 0 aliphatic carbocycles. The van der Waals surface area contributed by atoms with Gasteiger partial charge in [-0.15, -0.1) is 0 Å². The van der Waals surface area contributed by atoms with Crippen LogP contribution in [0.3, 0.4) is 0 Å². The Kier molecular flexibility index (Phi) is 7.38. The van der Waals surface area contributed by atoms with E-state index in [9.17, 15) is 18.3 Å². The number of nitrogens with zero attached hydrogens (tertiary/aromatic N) is 1. The third-order valence-electron chi connectivity index (χ3n) is 5.74. The highest BCUT2D eigenvalue weighted by Gasteiger charge is 2.58. The Morgan fingerprint density at radius 1 is 1.26 bits per heavy atom. The van der Waals surface area contributed by atoms with E-state index in [1.54, 1.807) is 24.3 Å². The van der Waals surface area contributed by atoms with Gasteiger partial charge in [-0.3, -0.25) is 4.79 Å². The van der Waals surface area contributed by atoms with Crippen LogP contribution >= 0.6 is 11.6 Å². The number of rotatable bonds is 7. The second kappa shape index (κ2) is 9.49. The number of alkyl halides is 2. The highest BCUT2D eigenvalue weighted by Crippen LogP contribution is 2.37. The van der Waals surface area contributed by atoms with E-state index in [4.69, 9.17) is 11.6 Å². The molecule has 3 rings (SSSR count). The predicted octanol–water partition coefficient (Wildman–Crippen LogP) is 3.61. The average Bonchev–Trinajstić information content (AvgIpc) is 2.98. The van der Waals surface area contributed by atoms with E-state index in [2.05, 4.69) is 0 Å². The standard InChI is InChI=1S/C23H26ClF3N2O4S/c1-4-34(32,33)28-20-18(29(13-23(20,26)27)21(30)22(2,3)31)12-15-8-6-10-17(19(15)25)14-7-5-9-16(24)11-14/h5-11,18,20,28,31H,4,12-13H2,1-3H3/t18-,20+/m0/s1. The molecule has 2 aromatic carbocycles. The van der Waals surface area contributed by atoms with Crippen LogP contribution in [0.4, 0.5) is 13.2 Å². The first-order valence-corrected chi connectivity index (χ1v) is 12.6. The summed E-state index contributed by atoms with van der Waals surface area (Å²) in [6.45, 7) is 2.47. The Labute approximate surface area is 201 Å². The quantitative estimate of drug-likeness (QED) is 0.586. The number of nitrogens with one attached hydrogen (secondary N) is 1. The number of hydrogen-bond donors (Lipinski definition) is 2. The van der Waals surface area contributed by atoms with Crippen molar-refractivity contribution in [3.8, 4) is 11.1 Å². The summed E-state index contributed by atoms with van der Waals surface area (Å²) in [4.78, 5) is 13.5. The summed E-state index contributed by atoms with van der Waals surface area (Å²) >= 11 is 6.01. The largest absolute Gasteiger partial charge is 0.381 e. The molecule has 1 aliphatic rings. The van der Waals surface area contributed by atoms with Crippen molar-refractivity contribution in [3.05, 3.63) is 58.9 Å². The summed E-state index contributed by atoms with van der Waals surface area (Å²) in [6, 6.07) is 7.43. The van der Waals surface area contributed by atoms with Crippen molar-refractivity contribution in [2.75, 3.05) is 12.3 Å². The fourth-order valence-electron chi connectivity index (χ4n) is 3.99. The van der Waals surface area contributed by atoms with Gasteiger partial charge in [-0.1, -0.05) is 41.9 Å². The van der Waals surface area contributed by atoms with Gasteiger partial charge in [0.2, 0.25) is 10.0 Å². The molecule has 6 nitrogen and oxygen atoms in total. The predicted molar refractivity (Wildman–Crippen MR) is 124 cm³/mol. The van der Waals surface area contributed by atoms with Gasteiger partial charge in [-0.05, 0) is 50.5 Å². The molecule has 34 heavy (non-hydrogen) atoms. The van der Waals surface area contributed by atoms with Crippen molar-refractivity contribution >= 4 is 27.5 Å². The first kappa shape index (κ1) is 26.5. The topological polar surface area (TPSA) is 86.7 Å². The molecule has 2 atom stereocenters. The lowest BCUT2D eigenvalue weighted by Crippen LogP contribution is -2.54. The van der Waals surface area contributed by atoms with E-state index in [1.807, 2.05) is 4.72 Å². The number of sulfonamides is 1. The summed E-state index contributed by atoms with van der Waals surface area (Å²) in [5.41, 5.74) is -1.34. The summed E-state index contributed by atoms with van der Waals surface area (Å²) in [6.07, 6.45) is -0.408. The highest BCUT2D eigenvalue weighted by molar-refractivity contribution is 7.89. The van der Waals surface area contributed by atoms with E-state index in [0.29, 0.717) is 10.6 Å². The molecule has 2 aromatic rings. The third kappa shape index (κ3) is 5.56.